The first kappa shape index (κ1) is 13.2. The molecule has 1 unspecified atom stereocenters. The normalized spacial score (nSPS) is 21.0. The zero-order valence-corrected chi connectivity index (χ0v) is 13.1. The fourth-order valence-electron chi connectivity index (χ4n) is 4.09. The average molecular weight is 308 g/mol. The second-order valence-corrected chi connectivity index (χ2v) is 6.60. The fourth-order valence-corrected chi connectivity index (χ4v) is 4.09. The molecule has 1 atom stereocenters. The van der Waals surface area contributed by atoms with Gasteiger partial charge >= 0.3 is 0 Å². The quantitative estimate of drug-likeness (QED) is 0.788. The lowest BCUT2D eigenvalue weighted by atomic mass is 10.0. The van der Waals surface area contributed by atoms with E-state index < -0.39 is 0 Å². The van der Waals surface area contributed by atoms with Crippen molar-refractivity contribution in [1.29, 1.82) is 0 Å². The minimum atomic E-state index is 0.348. The fraction of sp³-hybridized carbons (Fsp3) is 0.471. The van der Waals surface area contributed by atoms with Crippen molar-refractivity contribution in [3.63, 3.8) is 0 Å². The molecule has 4 heterocycles. The Labute approximate surface area is 134 Å². The van der Waals surface area contributed by atoms with Crippen LogP contribution in [0.4, 0.5) is 0 Å². The van der Waals surface area contributed by atoms with Gasteiger partial charge in [-0.25, -0.2) is 4.68 Å². The van der Waals surface area contributed by atoms with E-state index in [0.717, 1.165) is 38.3 Å². The summed E-state index contributed by atoms with van der Waals surface area (Å²) in [6, 6.07) is 6.96. The van der Waals surface area contributed by atoms with E-state index >= 15 is 0 Å². The molecule has 2 aliphatic heterocycles. The Morgan fingerprint density at radius 2 is 2.22 bits per heavy atom. The van der Waals surface area contributed by atoms with Gasteiger partial charge in [0.15, 0.2) is 5.82 Å². The summed E-state index contributed by atoms with van der Waals surface area (Å²) in [5, 5.41) is 17.4. The van der Waals surface area contributed by atoms with Crippen LogP contribution in [0.2, 0.25) is 0 Å². The Bertz CT molecular complexity index is 855. The lowest BCUT2D eigenvalue weighted by molar-refractivity contribution is 0.344. The van der Waals surface area contributed by atoms with Gasteiger partial charge in [-0.3, -0.25) is 0 Å². The van der Waals surface area contributed by atoms with Gasteiger partial charge < -0.3 is 9.88 Å². The van der Waals surface area contributed by atoms with Crippen LogP contribution < -0.4 is 5.32 Å². The summed E-state index contributed by atoms with van der Waals surface area (Å²) in [4.78, 5) is 0. The lowest BCUT2D eigenvalue weighted by Gasteiger charge is -2.23. The van der Waals surface area contributed by atoms with E-state index in [9.17, 15) is 0 Å². The summed E-state index contributed by atoms with van der Waals surface area (Å²) in [5.41, 5.74) is 3.97. The number of hydrogen-bond donors (Lipinski definition) is 1. The van der Waals surface area contributed by atoms with Gasteiger partial charge in [-0.1, -0.05) is 18.2 Å². The molecule has 1 aromatic carbocycles. The molecule has 5 rings (SSSR count). The Hall–Kier alpha value is -2.21. The molecular weight excluding hydrogens is 288 g/mol. The summed E-state index contributed by atoms with van der Waals surface area (Å²) >= 11 is 0. The van der Waals surface area contributed by atoms with Crippen molar-refractivity contribution in [2.75, 3.05) is 13.1 Å². The molecule has 0 spiro atoms. The summed E-state index contributed by atoms with van der Waals surface area (Å²) in [6.45, 7) is 3.12. The third-order valence-electron chi connectivity index (χ3n) is 5.18. The highest BCUT2D eigenvalue weighted by atomic mass is 15.6. The van der Waals surface area contributed by atoms with Crippen molar-refractivity contribution in [1.82, 2.24) is 30.1 Å². The number of rotatable bonds is 2. The topological polar surface area (TPSA) is 60.6 Å². The Balaban J connectivity index is 1.68. The predicted octanol–water partition coefficient (Wildman–Crippen LogP) is 2.17. The maximum absolute atomic E-state index is 4.37. The molecule has 1 fully saturated rings. The van der Waals surface area contributed by atoms with E-state index in [-0.39, 0.29) is 0 Å². The van der Waals surface area contributed by atoms with Crippen LogP contribution in [0, 0.1) is 0 Å². The molecule has 1 saturated heterocycles. The van der Waals surface area contributed by atoms with Crippen molar-refractivity contribution < 1.29 is 0 Å². The van der Waals surface area contributed by atoms with Gasteiger partial charge in [0.1, 0.15) is 0 Å². The number of nitrogens with one attached hydrogen (secondary N) is 1. The van der Waals surface area contributed by atoms with Gasteiger partial charge in [0, 0.05) is 30.2 Å². The lowest BCUT2D eigenvalue weighted by Crippen LogP contribution is -2.32. The molecule has 0 radical (unpaired) electrons. The minimum absolute atomic E-state index is 0.348. The summed E-state index contributed by atoms with van der Waals surface area (Å²) in [6.07, 6.45) is 6.92. The number of aryl methyl sites for hydroxylation is 2. The van der Waals surface area contributed by atoms with E-state index in [0.29, 0.717) is 6.04 Å². The zero-order valence-electron chi connectivity index (χ0n) is 13.1. The van der Waals surface area contributed by atoms with Crippen LogP contribution in [0.25, 0.3) is 22.3 Å². The number of aromatic nitrogens is 5. The van der Waals surface area contributed by atoms with Crippen molar-refractivity contribution in [3.05, 3.63) is 30.0 Å². The molecule has 6 nitrogen and oxygen atoms in total. The van der Waals surface area contributed by atoms with Gasteiger partial charge in [0.05, 0.1) is 11.6 Å². The second-order valence-electron chi connectivity index (χ2n) is 6.60. The molecule has 1 N–H and O–H groups in total. The monoisotopic (exact) mass is 308 g/mol. The number of hydrogen-bond acceptors (Lipinski definition) is 4. The maximum Gasteiger partial charge on any atom is 0.184 e. The molecule has 2 aliphatic rings. The first-order valence-electron chi connectivity index (χ1n) is 8.51. The molecule has 6 heteroatoms. The van der Waals surface area contributed by atoms with Crippen LogP contribution in [-0.2, 0) is 13.0 Å². The SMILES string of the molecule is c1cc2c3c(c1)c(-c1nnnn1C1CCCNC1)cn3CCC2. The van der Waals surface area contributed by atoms with Crippen LogP contribution in [0.3, 0.4) is 0 Å². The number of tetrazole rings is 1. The third-order valence-corrected chi connectivity index (χ3v) is 5.18. The zero-order chi connectivity index (χ0) is 15.2. The highest BCUT2D eigenvalue weighted by Gasteiger charge is 2.24. The smallest absolute Gasteiger partial charge is 0.184 e. The molecule has 0 saturated carbocycles. The number of benzene rings is 1. The summed E-state index contributed by atoms with van der Waals surface area (Å²) < 4.78 is 4.40. The molecule has 0 bridgehead atoms. The Morgan fingerprint density at radius 3 is 3.13 bits per heavy atom. The van der Waals surface area contributed by atoms with Crippen molar-refractivity contribution in [2.45, 2.75) is 38.3 Å². The first-order chi connectivity index (χ1) is 11.4. The molecule has 2 aromatic heterocycles. The van der Waals surface area contributed by atoms with Crippen LogP contribution in [0.5, 0.6) is 0 Å². The first-order valence-corrected chi connectivity index (χ1v) is 8.51. The van der Waals surface area contributed by atoms with Gasteiger partial charge in [0.25, 0.3) is 0 Å². The van der Waals surface area contributed by atoms with Gasteiger partial charge in [0.2, 0.25) is 0 Å². The number of piperidine rings is 1. The molecular formula is C17H20N6. The van der Waals surface area contributed by atoms with Crippen molar-refractivity contribution in [3.8, 4) is 11.4 Å². The largest absolute Gasteiger partial charge is 0.346 e. The standard InChI is InChI=1S/C17H20N6/c1-4-12-5-3-9-22-11-15(14(7-1)16(12)22)17-19-20-21-23(17)13-6-2-8-18-10-13/h1,4,7,11,13,18H,2-3,5-6,8-10H2. The van der Waals surface area contributed by atoms with E-state index in [1.54, 1.807) is 0 Å². The molecule has 23 heavy (non-hydrogen) atoms. The Morgan fingerprint density at radius 1 is 1.22 bits per heavy atom. The van der Waals surface area contributed by atoms with E-state index in [2.05, 4.69) is 49.8 Å². The van der Waals surface area contributed by atoms with Crippen LogP contribution in [0.1, 0.15) is 30.9 Å². The van der Waals surface area contributed by atoms with Gasteiger partial charge in [-0.05, 0) is 48.2 Å². The highest BCUT2D eigenvalue weighted by Crippen LogP contribution is 2.35. The maximum atomic E-state index is 4.37. The highest BCUT2D eigenvalue weighted by molar-refractivity contribution is 5.96. The van der Waals surface area contributed by atoms with Crippen LogP contribution in [0.15, 0.2) is 24.4 Å². The summed E-state index contributed by atoms with van der Waals surface area (Å²) in [7, 11) is 0. The van der Waals surface area contributed by atoms with Gasteiger partial charge in [-0.2, -0.15) is 0 Å². The third kappa shape index (κ3) is 2.01. The minimum Gasteiger partial charge on any atom is -0.346 e. The summed E-state index contributed by atoms with van der Waals surface area (Å²) in [5.74, 6) is 0.904. The molecule has 0 amide bonds. The van der Waals surface area contributed by atoms with Crippen LogP contribution >= 0.6 is 0 Å². The van der Waals surface area contributed by atoms with Gasteiger partial charge in [-0.15, -0.1) is 5.10 Å². The number of nitrogens with zero attached hydrogens (tertiary/aromatic N) is 5. The van der Waals surface area contributed by atoms with Crippen molar-refractivity contribution in [2.24, 2.45) is 0 Å². The molecule has 118 valence electrons. The molecule has 3 aromatic rings. The predicted molar refractivity (Wildman–Crippen MR) is 88.2 cm³/mol. The molecule has 0 aliphatic carbocycles. The van der Waals surface area contributed by atoms with E-state index in [1.165, 1.54) is 34.9 Å². The Kier molecular flexibility index (Phi) is 2.97. The van der Waals surface area contributed by atoms with E-state index in [1.807, 2.05) is 4.68 Å². The number of para-hydroxylation sites is 1. The van der Waals surface area contributed by atoms with E-state index in [4.69, 9.17) is 0 Å². The van der Waals surface area contributed by atoms with Crippen LogP contribution in [-0.4, -0.2) is 37.9 Å². The van der Waals surface area contributed by atoms with Crippen molar-refractivity contribution >= 4 is 10.9 Å². The second kappa shape index (κ2) is 5.16. The average Bonchev–Trinajstić information content (AvgIpc) is 3.22.